The van der Waals surface area contributed by atoms with Gasteiger partial charge in [-0.25, -0.2) is 4.98 Å². The van der Waals surface area contributed by atoms with E-state index in [0.717, 1.165) is 0 Å². The minimum Gasteiger partial charge on any atom is -0.410 e. The minimum atomic E-state index is -0.389. The Morgan fingerprint density at radius 2 is 2.11 bits per heavy atom. The topological polar surface area (TPSA) is 91.2 Å². The van der Waals surface area contributed by atoms with Gasteiger partial charge in [0.15, 0.2) is 5.36 Å². The number of rotatable bonds is 0. The van der Waals surface area contributed by atoms with Crippen molar-refractivity contribution < 1.29 is 5.21 Å². The lowest BCUT2D eigenvalue weighted by Gasteiger charge is -1.91. The van der Waals surface area contributed by atoms with Gasteiger partial charge < -0.3 is 10.2 Å². The Balaban J connectivity index is 2.79. The van der Waals surface area contributed by atoms with Crippen LogP contribution in [0.15, 0.2) is 46.7 Å². The fourth-order valence-electron chi connectivity index (χ4n) is 1.86. The highest BCUT2D eigenvalue weighted by atomic mass is 16.4. The van der Waals surface area contributed by atoms with Gasteiger partial charge >= 0.3 is 0 Å². The number of hydrogen-bond acceptors (Lipinski definition) is 5. The Labute approximate surface area is 100 Å². The molecule has 0 amide bonds. The van der Waals surface area contributed by atoms with Crippen LogP contribution in [-0.2, 0) is 0 Å². The lowest BCUT2D eigenvalue weighted by Crippen LogP contribution is -2.23. The zero-order valence-corrected chi connectivity index (χ0v) is 9.16. The van der Waals surface area contributed by atoms with Crippen molar-refractivity contribution in [3.05, 3.63) is 52.4 Å². The molecule has 0 saturated heterocycles. The summed E-state index contributed by atoms with van der Waals surface area (Å²) in [6.45, 7) is 0. The van der Waals surface area contributed by atoms with E-state index in [1.807, 2.05) is 0 Å². The third-order valence-corrected chi connectivity index (χ3v) is 2.70. The molecular weight excluding hydrogens is 232 g/mol. The van der Waals surface area contributed by atoms with E-state index in [2.05, 4.69) is 20.1 Å². The highest BCUT2D eigenvalue weighted by Gasteiger charge is 2.05. The van der Waals surface area contributed by atoms with Crippen LogP contribution >= 0.6 is 0 Å². The summed E-state index contributed by atoms with van der Waals surface area (Å²) in [4.78, 5) is 23.3. The summed E-state index contributed by atoms with van der Waals surface area (Å²) in [5.74, 6) is 0. The van der Waals surface area contributed by atoms with Crippen LogP contribution in [0.4, 0.5) is 0 Å². The van der Waals surface area contributed by atoms with Gasteiger partial charge in [-0.05, 0) is 18.2 Å². The number of nitrogens with one attached hydrogen (secondary N) is 1. The molecule has 0 saturated carbocycles. The van der Waals surface area contributed by atoms with Gasteiger partial charge in [0.2, 0.25) is 5.43 Å². The second-order valence-corrected chi connectivity index (χ2v) is 3.72. The van der Waals surface area contributed by atoms with Crippen molar-refractivity contribution in [2.24, 2.45) is 5.16 Å². The predicted octanol–water partition coefficient (Wildman–Crippen LogP) is 0.761. The first-order valence-electron chi connectivity index (χ1n) is 5.24. The Morgan fingerprint density at radius 3 is 2.94 bits per heavy atom. The molecule has 6 heteroatoms. The van der Waals surface area contributed by atoms with E-state index in [1.165, 1.54) is 6.20 Å². The highest BCUT2D eigenvalue weighted by Crippen LogP contribution is 2.06. The normalized spacial score (nSPS) is 12.1. The van der Waals surface area contributed by atoms with Crippen LogP contribution in [0, 0.1) is 0 Å². The largest absolute Gasteiger partial charge is 0.410 e. The quantitative estimate of drug-likeness (QED) is 0.448. The van der Waals surface area contributed by atoms with Crippen LogP contribution in [0.5, 0.6) is 0 Å². The standard InChI is InChI=1S/C12H8N4O2/c17-11-7-2-1-4-14-12(7)15-9-3-5-13-6-8(9)10(11)16-18/h1-6,18H,(H,14,15). The molecule has 0 fully saturated rings. The van der Waals surface area contributed by atoms with Crippen LogP contribution in [0.3, 0.4) is 0 Å². The van der Waals surface area contributed by atoms with Crippen LogP contribution in [0.2, 0.25) is 0 Å². The first-order chi connectivity index (χ1) is 8.81. The van der Waals surface area contributed by atoms with Crippen LogP contribution in [0.25, 0.3) is 21.9 Å². The van der Waals surface area contributed by atoms with E-state index in [4.69, 9.17) is 5.21 Å². The SMILES string of the molecule is O=c1c(=NO)c2cnccc2[nH]c2ncccc12. The number of hydrogen-bond donors (Lipinski definition) is 2. The smallest absolute Gasteiger partial charge is 0.219 e. The van der Waals surface area contributed by atoms with E-state index in [-0.39, 0.29) is 10.8 Å². The van der Waals surface area contributed by atoms with E-state index < -0.39 is 0 Å². The number of aromatic nitrogens is 3. The maximum absolute atomic E-state index is 12.2. The third kappa shape index (κ3) is 1.43. The molecule has 0 bridgehead atoms. The Kier molecular flexibility index (Phi) is 2.26. The van der Waals surface area contributed by atoms with E-state index in [0.29, 0.717) is 21.9 Å². The lowest BCUT2D eigenvalue weighted by atomic mass is 10.2. The van der Waals surface area contributed by atoms with E-state index in [1.54, 1.807) is 30.6 Å². The number of fused-ring (bicyclic) bond motifs is 2. The van der Waals surface area contributed by atoms with Crippen molar-refractivity contribution >= 4 is 21.9 Å². The van der Waals surface area contributed by atoms with Gasteiger partial charge in [0.1, 0.15) is 5.65 Å². The molecule has 0 aliphatic rings. The summed E-state index contributed by atoms with van der Waals surface area (Å²) < 4.78 is 0. The average molecular weight is 240 g/mol. The lowest BCUT2D eigenvalue weighted by molar-refractivity contribution is 0.302. The van der Waals surface area contributed by atoms with Crippen LogP contribution < -0.4 is 10.8 Å². The summed E-state index contributed by atoms with van der Waals surface area (Å²) in [5.41, 5.74) is 0.678. The Hall–Kier alpha value is -2.76. The molecule has 0 unspecified atom stereocenters. The Morgan fingerprint density at radius 1 is 1.22 bits per heavy atom. The van der Waals surface area contributed by atoms with Crippen molar-refractivity contribution in [3.63, 3.8) is 0 Å². The first-order valence-corrected chi connectivity index (χ1v) is 5.24. The fourth-order valence-corrected chi connectivity index (χ4v) is 1.86. The highest BCUT2D eigenvalue weighted by molar-refractivity contribution is 5.84. The monoisotopic (exact) mass is 240 g/mol. The molecule has 6 nitrogen and oxygen atoms in total. The molecule has 3 heterocycles. The molecule has 3 rings (SSSR count). The van der Waals surface area contributed by atoms with Gasteiger partial charge in [0.05, 0.1) is 10.9 Å². The van der Waals surface area contributed by atoms with E-state index >= 15 is 0 Å². The maximum atomic E-state index is 12.2. The van der Waals surface area contributed by atoms with Crippen LogP contribution in [0.1, 0.15) is 0 Å². The summed E-state index contributed by atoms with van der Waals surface area (Å²) in [7, 11) is 0. The van der Waals surface area contributed by atoms with Crippen molar-refractivity contribution in [2.75, 3.05) is 0 Å². The molecular formula is C12H8N4O2. The zero-order valence-electron chi connectivity index (χ0n) is 9.16. The zero-order chi connectivity index (χ0) is 12.5. The molecule has 0 spiro atoms. The predicted molar refractivity (Wildman–Crippen MR) is 65.0 cm³/mol. The second-order valence-electron chi connectivity index (χ2n) is 3.72. The number of nitrogens with zero attached hydrogens (tertiary/aromatic N) is 3. The molecule has 0 aliphatic heterocycles. The maximum Gasteiger partial charge on any atom is 0.219 e. The molecule has 2 N–H and O–H groups in total. The molecule has 0 radical (unpaired) electrons. The van der Waals surface area contributed by atoms with Gasteiger partial charge in [-0.2, -0.15) is 0 Å². The summed E-state index contributed by atoms with van der Waals surface area (Å²) in [6.07, 6.45) is 4.64. The second kappa shape index (κ2) is 3.92. The molecule has 0 atom stereocenters. The van der Waals surface area contributed by atoms with E-state index in [9.17, 15) is 4.79 Å². The summed E-state index contributed by atoms with van der Waals surface area (Å²) in [6, 6.07) is 4.97. The Bertz CT molecular complexity index is 870. The van der Waals surface area contributed by atoms with Crippen molar-refractivity contribution in [1.29, 1.82) is 0 Å². The van der Waals surface area contributed by atoms with Crippen LogP contribution in [-0.4, -0.2) is 20.2 Å². The number of aromatic amines is 1. The molecule has 0 aromatic carbocycles. The molecule has 18 heavy (non-hydrogen) atoms. The average Bonchev–Trinajstić information content (AvgIpc) is 2.53. The molecule has 3 aromatic rings. The van der Waals surface area contributed by atoms with Gasteiger partial charge in [-0.15, -0.1) is 0 Å². The number of H-pyrrole nitrogens is 1. The van der Waals surface area contributed by atoms with Crippen molar-refractivity contribution in [3.8, 4) is 0 Å². The van der Waals surface area contributed by atoms with Crippen molar-refractivity contribution in [2.45, 2.75) is 0 Å². The fraction of sp³-hybridized carbons (Fsp3) is 0. The van der Waals surface area contributed by atoms with Crippen molar-refractivity contribution in [1.82, 2.24) is 15.0 Å². The van der Waals surface area contributed by atoms with Gasteiger partial charge in [-0.3, -0.25) is 9.78 Å². The summed E-state index contributed by atoms with van der Waals surface area (Å²) >= 11 is 0. The van der Waals surface area contributed by atoms with Gasteiger partial charge in [0, 0.05) is 24.0 Å². The first kappa shape index (κ1) is 10.4. The number of pyridine rings is 2. The molecule has 3 aromatic heterocycles. The minimum absolute atomic E-state index is 0.0441. The third-order valence-electron chi connectivity index (χ3n) is 2.70. The van der Waals surface area contributed by atoms with Gasteiger partial charge in [0.25, 0.3) is 0 Å². The molecule has 88 valence electrons. The molecule has 0 aliphatic carbocycles. The van der Waals surface area contributed by atoms with Gasteiger partial charge in [-0.1, -0.05) is 5.16 Å². The summed E-state index contributed by atoms with van der Waals surface area (Å²) in [5, 5.41) is 12.9.